The topological polar surface area (TPSA) is 22.1 Å². The third-order valence-corrected chi connectivity index (χ3v) is 2.84. The van der Waals surface area contributed by atoms with E-state index in [9.17, 15) is 26.3 Å². The standard InChI is InChI=1S/C11H5F6NOS/c12-10(13,14)6-1-7(11(15,16)17)3-8(2-6)19-9-4-18-5-20-9/h1-5H. The first-order valence-corrected chi connectivity index (χ1v) is 5.90. The molecule has 0 spiro atoms. The smallest absolute Gasteiger partial charge is 0.416 e. The van der Waals surface area contributed by atoms with Gasteiger partial charge in [-0.1, -0.05) is 11.3 Å². The minimum atomic E-state index is -4.90. The maximum absolute atomic E-state index is 12.6. The van der Waals surface area contributed by atoms with Crippen LogP contribution in [0.4, 0.5) is 26.3 Å². The highest BCUT2D eigenvalue weighted by atomic mass is 32.1. The lowest BCUT2D eigenvalue weighted by atomic mass is 10.1. The lowest BCUT2D eigenvalue weighted by Crippen LogP contribution is -2.10. The molecule has 108 valence electrons. The molecule has 2 nitrogen and oxygen atoms in total. The van der Waals surface area contributed by atoms with Gasteiger partial charge in [-0.05, 0) is 18.2 Å². The van der Waals surface area contributed by atoms with Gasteiger partial charge in [0, 0.05) is 0 Å². The number of nitrogens with zero attached hydrogens (tertiary/aromatic N) is 1. The molecule has 0 unspecified atom stereocenters. The van der Waals surface area contributed by atoms with Crippen molar-refractivity contribution in [2.45, 2.75) is 12.4 Å². The van der Waals surface area contributed by atoms with Gasteiger partial charge in [-0.25, -0.2) is 4.98 Å². The minimum Gasteiger partial charge on any atom is -0.445 e. The molecule has 0 atom stereocenters. The summed E-state index contributed by atoms with van der Waals surface area (Å²) in [5.74, 6) is -0.545. The highest BCUT2D eigenvalue weighted by Gasteiger charge is 2.37. The zero-order chi connectivity index (χ0) is 15.0. The molecule has 0 saturated heterocycles. The van der Waals surface area contributed by atoms with Gasteiger partial charge in [0.2, 0.25) is 5.06 Å². The second-order valence-electron chi connectivity index (χ2n) is 3.66. The molecule has 20 heavy (non-hydrogen) atoms. The van der Waals surface area contributed by atoms with Crippen molar-refractivity contribution in [3.8, 4) is 10.8 Å². The van der Waals surface area contributed by atoms with Crippen molar-refractivity contribution in [3.05, 3.63) is 41.0 Å². The number of ether oxygens (including phenoxy) is 1. The molecule has 9 heteroatoms. The normalized spacial score (nSPS) is 12.5. The highest BCUT2D eigenvalue weighted by molar-refractivity contribution is 7.11. The molecule has 1 heterocycles. The summed E-state index contributed by atoms with van der Waals surface area (Å²) in [4.78, 5) is 3.61. The van der Waals surface area contributed by atoms with Gasteiger partial charge >= 0.3 is 12.4 Å². The number of alkyl halides is 6. The predicted molar refractivity (Wildman–Crippen MR) is 58.6 cm³/mol. The van der Waals surface area contributed by atoms with Crippen LogP contribution in [0.3, 0.4) is 0 Å². The number of hydrogen-bond donors (Lipinski definition) is 0. The van der Waals surface area contributed by atoms with Gasteiger partial charge in [-0.2, -0.15) is 26.3 Å². The van der Waals surface area contributed by atoms with Crippen LogP contribution in [0.1, 0.15) is 11.1 Å². The molecule has 2 aromatic rings. The summed E-state index contributed by atoms with van der Waals surface area (Å²) >= 11 is 0.949. The number of aromatic nitrogens is 1. The van der Waals surface area contributed by atoms with Crippen LogP contribution in [0.2, 0.25) is 0 Å². The molecule has 0 amide bonds. The summed E-state index contributed by atoms with van der Waals surface area (Å²) in [5.41, 5.74) is -1.51. The van der Waals surface area contributed by atoms with E-state index in [0.717, 1.165) is 11.3 Å². The summed E-state index contributed by atoms with van der Waals surface area (Å²) < 4.78 is 80.4. The molecule has 0 aliphatic heterocycles. The Morgan fingerprint density at radius 3 is 1.85 bits per heavy atom. The Morgan fingerprint density at radius 2 is 1.45 bits per heavy atom. The molecule has 1 aromatic carbocycles. The van der Waals surface area contributed by atoms with Crippen molar-refractivity contribution in [1.29, 1.82) is 0 Å². The Balaban J connectivity index is 2.46. The molecule has 0 saturated carbocycles. The van der Waals surface area contributed by atoms with E-state index < -0.39 is 29.2 Å². The van der Waals surface area contributed by atoms with Crippen molar-refractivity contribution in [2.75, 3.05) is 0 Å². The van der Waals surface area contributed by atoms with Crippen LogP contribution < -0.4 is 4.74 Å². The van der Waals surface area contributed by atoms with Gasteiger partial charge in [-0.3, -0.25) is 0 Å². The summed E-state index contributed by atoms with van der Waals surface area (Å²) in [5, 5.41) is 0.0949. The van der Waals surface area contributed by atoms with E-state index in [1.165, 1.54) is 11.7 Å². The molecule has 0 bridgehead atoms. The summed E-state index contributed by atoms with van der Waals surface area (Å²) in [6, 6.07) is 1.06. The van der Waals surface area contributed by atoms with Crippen LogP contribution in [0.25, 0.3) is 0 Å². The average molecular weight is 313 g/mol. The zero-order valence-electron chi connectivity index (χ0n) is 9.42. The van der Waals surface area contributed by atoms with E-state index in [1.54, 1.807) is 0 Å². The molecule has 0 N–H and O–H groups in total. The van der Waals surface area contributed by atoms with E-state index >= 15 is 0 Å². The van der Waals surface area contributed by atoms with Crippen molar-refractivity contribution >= 4 is 11.3 Å². The van der Waals surface area contributed by atoms with E-state index in [2.05, 4.69) is 4.98 Å². The zero-order valence-corrected chi connectivity index (χ0v) is 10.2. The van der Waals surface area contributed by atoms with Crippen molar-refractivity contribution in [2.24, 2.45) is 0 Å². The van der Waals surface area contributed by atoms with Crippen LogP contribution in [-0.2, 0) is 12.4 Å². The fourth-order valence-corrected chi connectivity index (χ4v) is 1.85. The Kier molecular flexibility index (Phi) is 3.63. The van der Waals surface area contributed by atoms with E-state index in [4.69, 9.17) is 4.74 Å². The predicted octanol–water partition coefficient (Wildman–Crippen LogP) is 4.97. The van der Waals surface area contributed by atoms with Gasteiger partial charge in [0.15, 0.2) is 0 Å². The fourth-order valence-electron chi connectivity index (χ4n) is 1.36. The molecule has 1 aromatic heterocycles. The Labute approximate surface area is 112 Å². The van der Waals surface area contributed by atoms with Crippen LogP contribution in [-0.4, -0.2) is 4.98 Å². The number of rotatable bonds is 2. The fraction of sp³-hybridized carbons (Fsp3) is 0.182. The Bertz CT molecular complexity index is 558. The molecular weight excluding hydrogens is 308 g/mol. The van der Waals surface area contributed by atoms with Gasteiger partial charge < -0.3 is 4.74 Å². The summed E-state index contributed by atoms with van der Waals surface area (Å²) in [6.07, 6.45) is -8.60. The second-order valence-corrected chi connectivity index (χ2v) is 4.51. The second kappa shape index (κ2) is 4.97. The van der Waals surface area contributed by atoms with E-state index in [-0.39, 0.29) is 11.1 Å². The first-order valence-electron chi connectivity index (χ1n) is 5.02. The van der Waals surface area contributed by atoms with E-state index in [1.807, 2.05) is 0 Å². The summed E-state index contributed by atoms with van der Waals surface area (Å²) in [6.45, 7) is 0. The number of hydrogen-bond acceptors (Lipinski definition) is 3. The number of benzene rings is 1. The third kappa shape index (κ3) is 3.41. The number of halogens is 6. The van der Waals surface area contributed by atoms with Gasteiger partial charge in [0.05, 0.1) is 22.8 Å². The monoisotopic (exact) mass is 313 g/mol. The van der Waals surface area contributed by atoms with E-state index in [0.29, 0.717) is 12.1 Å². The lowest BCUT2D eigenvalue weighted by molar-refractivity contribution is -0.143. The highest BCUT2D eigenvalue weighted by Crippen LogP contribution is 2.39. The average Bonchev–Trinajstić information content (AvgIpc) is 2.79. The Hall–Kier alpha value is -1.77. The minimum absolute atomic E-state index is 0.0412. The summed E-state index contributed by atoms with van der Waals surface area (Å²) in [7, 11) is 0. The molecule has 0 aliphatic rings. The van der Waals surface area contributed by atoms with Crippen molar-refractivity contribution in [3.63, 3.8) is 0 Å². The van der Waals surface area contributed by atoms with Crippen LogP contribution >= 0.6 is 11.3 Å². The maximum atomic E-state index is 12.6. The van der Waals surface area contributed by atoms with Crippen LogP contribution in [0, 0.1) is 0 Å². The first kappa shape index (κ1) is 14.6. The van der Waals surface area contributed by atoms with Gasteiger partial charge in [-0.15, -0.1) is 0 Å². The largest absolute Gasteiger partial charge is 0.445 e. The SMILES string of the molecule is FC(F)(F)c1cc(Oc2cncs2)cc(C(F)(F)F)c1. The number of thiazole rings is 1. The molecule has 0 fully saturated rings. The third-order valence-electron chi connectivity index (χ3n) is 2.19. The lowest BCUT2D eigenvalue weighted by Gasteiger charge is -2.13. The van der Waals surface area contributed by atoms with Gasteiger partial charge in [0.25, 0.3) is 0 Å². The molecule has 0 radical (unpaired) electrons. The quantitative estimate of drug-likeness (QED) is 0.730. The maximum Gasteiger partial charge on any atom is 0.416 e. The van der Waals surface area contributed by atoms with Crippen LogP contribution in [0.15, 0.2) is 29.9 Å². The molecule has 0 aliphatic carbocycles. The van der Waals surface area contributed by atoms with Crippen molar-refractivity contribution < 1.29 is 31.1 Å². The Morgan fingerprint density at radius 1 is 0.900 bits per heavy atom. The molecular formula is C11H5F6NOS. The van der Waals surface area contributed by atoms with Crippen LogP contribution in [0.5, 0.6) is 10.8 Å². The van der Waals surface area contributed by atoms with Crippen molar-refractivity contribution in [1.82, 2.24) is 4.98 Å². The van der Waals surface area contributed by atoms with Gasteiger partial charge in [0.1, 0.15) is 5.75 Å². The first-order chi connectivity index (χ1) is 9.16. The molecule has 2 rings (SSSR count).